The molecule has 0 bridgehead atoms. The van der Waals surface area contributed by atoms with Crippen molar-refractivity contribution in [2.75, 3.05) is 20.0 Å². The second-order valence-electron chi connectivity index (χ2n) is 5.90. The summed E-state index contributed by atoms with van der Waals surface area (Å²) in [5.74, 6) is 1.72. The Kier molecular flexibility index (Phi) is 6.20. The Bertz CT molecular complexity index is 986. The lowest BCUT2D eigenvalue weighted by atomic mass is 10.1. The second kappa shape index (κ2) is 8.79. The van der Waals surface area contributed by atoms with E-state index in [9.17, 15) is 4.79 Å². The zero-order valence-corrected chi connectivity index (χ0v) is 16.8. The number of thioether (sulfide) groups is 1. The van der Waals surface area contributed by atoms with Crippen molar-refractivity contribution in [3.8, 4) is 28.7 Å². The normalized spacial score (nSPS) is 10.6. The summed E-state index contributed by atoms with van der Waals surface area (Å²) in [5, 5.41) is 8.27. The Morgan fingerprint density at radius 2 is 1.82 bits per heavy atom. The third kappa shape index (κ3) is 4.45. The third-order valence-electron chi connectivity index (χ3n) is 4.13. The number of hydrogen-bond donors (Lipinski definition) is 0. The van der Waals surface area contributed by atoms with E-state index < -0.39 is 0 Å². The van der Waals surface area contributed by atoms with Crippen molar-refractivity contribution >= 4 is 17.7 Å². The smallest absolute Gasteiger partial charge is 0.321 e. The summed E-state index contributed by atoms with van der Waals surface area (Å²) in [7, 11) is 3.12. The summed E-state index contributed by atoms with van der Waals surface area (Å²) in [6.07, 6.45) is 0. The molecule has 0 aliphatic rings. The minimum atomic E-state index is -0.385. The van der Waals surface area contributed by atoms with Crippen LogP contribution in [-0.4, -0.2) is 36.1 Å². The molecule has 146 valence electrons. The van der Waals surface area contributed by atoms with Crippen molar-refractivity contribution in [2.24, 2.45) is 0 Å². The number of nitrogens with zero attached hydrogens (tertiary/aromatic N) is 2. The van der Waals surface area contributed by atoms with Crippen molar-refractivity contribution in [1.29, 1.82) is 0 Å². The molecule has 0 saturated heterocycles. The van der Waals surface area contributed by atoms with Crippen LogP contribution in [-0.2, 0) is 4.79 Å². The average molecular weight is 400 g/mol. The Hall–Kier alpha value is -3.00. The van der Waals surface area contributed by atoms with Gasteiger partial charge in [-0.25, -0.2) is 0 Å². The van der Waals surface area contributed by atoms with Crippen molar-refractivity contribution in [3.63, 3.8) is 0 Å². The molecule has 0 amide bonds. The summed E-state index contributed by atoms with van der Waals surface area (Å²) < 4.78 is 21.5. The predicted molar refractivity (Wildman–Crippen MR) is 105 cm³/mol. The van der Waals surface area contributed by atoms with Gasteiger partial charge in [-0.15, -0.1) is 10.2 Å². The molecular weight excluding hydrogens is 380 g/mol. The molecule has 0 aliphatic heterocycles. The maximum atomic E-state index is 12.1. The summed E-state index contributed by atoms with van der Waals surface area (Å²) in [5.41, 5.74) is 2.69. The van der Waals surface area contributed by atoms with Gasteiger partial charge in [0, 0.05) is 5.56 Å². The highest BCUT2D eigenvalue weighted by Gasteiger charge is 2.15. The molecule has 0 atom stereocenters. The van der Waals surface area contributed by atoms with Crippen LogP contribution in [0, 0.1) is 13.8 Å². The van der Waals surface area contributed by atoms with Gasteiger partial charge >= 0.3 is 5.97 Å². The molecule has 3 rings (SSSR count). The van der Waals surface area contributed by atoms with E-state index in [1.54, 1.807) is 38.5 Å². The van der Waals surface area contributed by atoms with Gasteiger partial charge in [-0.05, 0) is 49.2 Å². The van der Waals surface area contributed by atoms with Crippen LogP contribution < -0.4 is 14.2 Å². The standard InChI is InChI=1S/C20H20N2O5S/c1-12-6-5-7-15(13(12)2)26-18(23)11-28-20-22-21-19(27-20)14-8-9-16(24-3)17(10-14)25-4/h5-10H,11H2,1-4H3. The van der Waals surface area contributed by atoms with E-state index in [4.69, 9.17) is 18.6 Å². The number of methoxy groups -OCH3 is 2. The van der Waals surface area contributed by atoms with E-state index in [1.807, 2.05) is 26.0 Å². The average Bonchev–Trinajstić information content (AvgIpc) is 3.18. The first-order valence-corrected chi connectivity index (χ1v) is 9.46. The van der Waals surface area contributed by atoms with Crippen LogP contribution in [0.25, 0.3) is 11.5 Å². The fraction of sp³-hybridized carbons (Fsp3) is 0.250. The summed E-state index contributed by atoms with van der Waals surface area (Å²) in [4.78, 5) is 12.1. The van der Waals surface area contributed by atoms with E-state index in [1.165, 1.54) is 0 Å². The zero-order valence-electron chi connectivity index (χ0n) is 16.0. The molecule has 2 aromatic carbocycles. The van der Waals surface area contributed by atoms with E-state index in [0.717, 1.165) is 22.9 Å². The molecule has 7 nitrogen and oxygen atoms in total. The van der Waals surface area contributed by atoms with Crippen LogP contribution >= 0.6 is 11.8 Å². The minimum absolute atomic E-state index is 0.0565. The van der Waals surface area contributed by atoms with Gasteiger partial charge in [0.2, 0.25) is 5.89 Å². The van der Waals surface area contributed by atoms with Crippen molar-refractivity contribution < 1.29 is 23.4 Å². The van der Waals surface area contributed by atoms with E-state index >= 15 is 0 Å². The van der Waals surface area contributed by atoms with Gasteiger partial charge in [0.15, 0.2) is 11.5 Å². The van der Waals surface area contributed by atoms with Crippen molar-refractivity contribution in [3.05, 3.63) is 47.5 Å². The molecule has 0 N–H and O–H groups in total. The molecule has 1 aromatic heterocycles. The van der Waals surface area contributed by atoms with Gasteiger partial charge < -0.3 is 18.6 Å². The molecule has 1 heterocycles. The first-order valence-electron chi connectivity index (χ1n) is 8.47. The van der Waals surface area contributed by atoms with Crippen LogP contribution in [0.2, 0.25) is 0 Å². The van der Waals surface area contributed by atoms with Crippen LogP contribution in [0.15, 0.2) is 46.0 Å². The fourth-order valence-corrected chi connectivity index (χ4v) is 3.00. The van der Waals surface area contributed by atoms with E-state index in [0.29, 0.717) is 28.7 Å². The molecule has 0 radical (unpaired) electrons. The third-order valence-corrected chi connectivity index (χ3v) is 4.92. The van der Waals surface area contributed by atoms with Gasteiger partial charge in [0.25, 0.3) is 5.22 Å². The molecule has 8 heteroatoms. The summed E-state index contributed by atoms with van der Waals surface area (Å²) in [6.45, 7) is 3.88. The first-order chi connectivity index (χ1) is 13.5. The molecule has 0 aliphatic carbocycles. The molecule has 0 fully saturated rings. The second-order valence-corrected chi connectivity index (χ2v) is 6.83. The number of rotatable bonds is 7. The Morgan fingerprint density at radius 3 is 2.57 bits per heavy atom. The van der Waals surface area contributed by atoms with Gasteiger partial charge in [-0.3, -0.25) is 4.79 Å². The first kappa shape index (κ1) is 19.8. The number of hydrogen-bond acceptors (Lipinski definition) is 8. The molecule has 0 spiro atoms. The number of benzene rings is 2. The van der Waals surface area contributed by atoms with Gasteiger partial charge in [-0.1, -0.05) is 23.9 Å². The monoisotopic (exact) mass is 400 g/mol. The lowest BCUT2D eigenvalue weighted by molar-refractivity contribution is -0.131. The number of ether oxygens (including phenoxy) is 3. The minimum Gasteiger partial charge on any atom is -0.493 e. The maximum Gasteiger partial charge on any atom is 0.321 e. The highest BCUT2D eigenvalue weighted by Crippen LogP contribution is 2.32. The summed E-state index contributed by atoms with van der Waals surface area (Å²) >= 11 is 1.12. The Balaban J connectivity index is 1.63. The number of carbonyl (C=O) groups excluding carboxylic acids is 1. The van der Waals surface area contributed by atoms with Crippen LogP contribution in [0.4, 0.5) is 0 Å². The largest absolute Gasteiger partial charge is 0.493 e. The Morgan fingerprint density at radius 1 is 1.04 bits per heavy atom. The summed E-state index contributed by atoms with van der Waals surface area (Å²) in [6, 6.07) is 10.9. The highest BCUT2D eigenvalue weighted by atomic mass is 32.2. The number of esters is 1. The van der Waals surface area contributed by atoms with Gasteiger partial charge in [0.1, 0.15) is 11.5 Å². The maximum absolute atomic E-state index is 12.1. The number of carbonyl (C=O) groups is 1. The molecule has 0 unspecified atom stereocenters. The quantitative estimate of drug-likeness (QED) is 0.333. The fourth-order valence-electron chi connectivity index (χ4n) is 2.46. The van der Waals surface area contributed by atoms with Crippen LogP contribution in [0.5, 0.6) is 17.2 Å². The van der Waals surface area contributed by atoms with Gasteiger partial charge in [0.05, 0.1) is 14.2 Å². The Labute approximate surface area is 167 Å². The zero-order chi connectivity index (χ0) is 20.1. The van der Waals surface area contributed by atoms with E-state index in [-0.39, 0.29) is 16.9 Å². The molecule has 0 saturated carbocycles. The van der Waals surface area contributed by atoms with Crippen LogP contribution in [0.3, 0.4) is 0 Å². The van der Waals surface area contributed by atoms with E-state index in [2.05, 4.69) is 10.2 Å². The molecule has 28 heavy (non-hydrogen) atoms. The van der Waals surface area contributed by atoms with Crippen molar-refractivity contribution in [2.45, 2.75) is 19.1 Å². The van der Waals surface area contributed by atoms with Crippen molar-refractivity contribution in [1.82, 2.24) is 10.2 Å². The lowest BCUT2D eigenvalue weighted by Crippen LogP contribution is -2.11. The number of aryl methyl sites for hydroxylation is 1. The molecule has 3 aromatic rings. The number of aromatic nitrogens is 2. The topological polar surface area (TPSA) is 83.7 Å². The predicted octanol–water partition coefficient (Wildman–Crippen LogP) is 4.07. The SMILES string of the molecule is COc1ccc(-c2nnc(SCC(=O)Oc3cccc(C)c3C)o2)cc1OC. The van der Waals surface area contributed by atoms with Gasteiger partial charge in [-0.2, -0.15) is 0 Å². The molecular formula is C20H20N2O5S. The highest BCUT2D eigenvalue weighted by molar-refractivity contribution is 7.99. The lowest BCUT2D eigenvalue weighted by Gasteiger charge is -2.08. The van der Waals surface area contributed by atoms with Crippen LogP contribution in [0.1, 0.15) is 11.1 Å².